The molecule has 0 aliphatic heterocycles. The first-order valence-corrected chi connectivity index (χ1v) is 6.54. The maximum absolute atomic E-state index is 3.52. The number of hydrogen-bond acceptors (Lipinski definition) is 1. The molecule has 0 aromatic rings. The Kier molecular flexibility index (Phi) is 5.54. The zero-order valence-corrected chi connectivity index (χ0v) is 10.2. The van der Waals surface area contributed by atoms with E-state index in [1.807, 2.05) is 0 Å². The van der Waals surface area contributed by atoms with E-state index in [1.165, 1.54) is 38.6 Å². The lowest BCUT2D eigenvalue weighted by atomic mass is 9.81. The molecule has 1 nitrogen and oxygen atoms in total. The van der Waals surface area contributed by atoms with Crippen molar-refractivity contribution >= 4 is 0 Å². The Balaban J connectivity index is 2.40. The molecule has 1 fully saturated rings. The molecule has 0 heterocycles. The molecule has 84 valence electrons. The van der Waals surface area contributed by atoms with Gasteiger partial charge in [-0.2, -0.15) is 0 Å². The van der Waals surface area contributed by atoms with Crippen molar-refractivity contribution in [2.75, 3.05) is 13.1 Å². The van der Waals surface area contributed by atoms with Crippen molar-refractivity contribution in [3.05, 3.63) is 0 Å². The van der Waals surface area contributed by atoms with Crippen LogP contribution in [0.15, 0.2) is 0 Å². The molecular weight excluding hydrogens is 170 g/mol. The van der Waals surface area contributed by atoms with Gasteiger partial charge in [-0.3, -0.25) is 0 Å². The Bertz CT molecular complexity index is 140. The second-order valence-electron chi connectivity index (χ2n) is 4.74. The fraction of sp³-hybridized carbons (Fsp3) is 1.00. The average Bonchev–Trinajstić information content (AvgIpc) is 2.65. The molecular formula is C13H27N. The molecule has 1 rings (SSSR count). The number of nitrogens with one attached hydrogen (secondary N) is 1. The summed E-state index contributed by atoms with van der Waals surface area (Å²) in [6.45, 7) is 9.32. The van der Waals surface area contributed by atoms with Gasteiger partial charge in [0.15, 0.2) is 0 Å². The van der Waals surface area contributed by atoms with Crippen molar-refractivity contribution in [3.8, 4) is 0 Å². The quantitative estimate of drug-likeness (QED) is 0.687. The molecule has 0 bridgehead atoms. The zero-order chi connectivity index (χ0) is 10.4. The summed E-state index contributed by atoms with van der Waals surface area (Å²) < 4.78 is 0. The molecule has 1 heteroatoms. The van der Waals surface area contributed by atoms with E-state index in [1.54, 1.807) is 0 Å². The minimum atomic E-state index is 0.972. The second-order valence-corrected chi connectivity index (χ2v) is 4.74. The third-order valence-electron chi connectivity index (χ3n) is 4.03. The van der Waals surface area contributed by atoms with Gasteiger partial charge in [0.05, 0.1) is 0 Å². The molecule has 1 saturated carbocycles. The van der Waals surface area contributed by atoms with E-state index in [0.717, 1.165) is 24.3 Å². The normalized spacial score (nSPS) is 27.4. The van der Waals surface area contributed by atoms with Crippen molar-refractivity contribution in [1.29, 1.82) is 0 Å². The molecule has 1 aliphatic rings. The third kappa shape index (κ3) is 2.98. The van der Waals surface area contributed by atoms with Gasteiger partial charge in [-0.15, -0.1) is 0 Å². The van der Waals surface area contributed by atoms with Crippen molar-refractivity contribution in [2.45, 2.75) is 52.9 Å². The highest BCUT2D eigenvalue weighted by atomic mass is 14.8. The SMILES string of the molecule is CCNCC1CCCC1C(CC)CC. The minimum Gasteiger partial charge on any atom is -0.317 e. The largest absolute Gasteiger partial charge is 0.317 e. The van der Waals surface area contributed by atoms with Gasteiger partial charge in [0.25, 0.3) is 0 Å². The van der Waals surface area contributed by atoms with E-state index < -0.39 is 0 Å². The van der Waals surface area contributed by atoms with E-state index in [4.69, 9.17) is 0 Å². The van der Waals surface area contributed by atoms with Crippen molar-refractivity contribution in [2.24, 2.45) is 17.8 Å². The van der Waals surface area contributed by atoms with Crippen molar-refractivity contribution < 1.29 is 0 Å². The lowest BCUT2D eigenvalue weighted by molar-refractivity contribution is 0.242. The maximum atomic E-state index is 3.52. The highest BCUT2D eigenvalue weighted by Crippen LogP contribution is 2.39. The van der Waals surface area contributed by atoms with Gasteiger partial charge in [0, 0.05) is 0 Å². The third-order valence-corrected chi connectivity index (χ3v) is 4.03. The molecule has 0 spiro atoms. The fourth-order valence-corrected chi connectivity index (χ4v) is 3.16. The summed E-state index contributed by atoms with van der Waals surface area (Å²) in [5, 5.41) is 3.52. The van der Waals surface area contributed by atoms with Crippen LogP contribution in [0.3, 0.4) is 0 Å². The Morgan fingerprint density at radius 2 is 1.86 bits per heavy atom. The topological polar surface area (TPSA) is 12.0 Å². The van der Waals surface area contributed by atoms with Crippen LogP contribution in [0.1, 0.15) is 52.9 Å². The summed E-state index contributed by atoms with van der Waals surface area (Å²) in [7, 11) is 0. The molecule has 14 heavy (non-hydrogen) atoms. The van der Waals surface area contributed by atoms with Gasteiger partial charge in [-0.25, -0.2) is 0 Å². The standard InChI is InChI=1S/C13H27N/c1-4-11(5-2)13-9-7-8-12(13)10-14-6-3/h11-14H,4-10H2,1-3H3. The number of rotatable bonds is 6. The molecule has 0 radical (unpaired) electrons. The predicted octanol–water partition coefficient (Wildman–Crippen LogP) is 3.45. The zero-order valence-electron chi connectivity index (χ0n) is 10.2. The Labute approximate surface area is 89.7 Å². The molecule has 1 aliphatic carbocycles. The Hall–Kier alpha value is -0.0400. The van der Waals surface area contributed by atoms with Crippen molar-refractivity contribution in [3.63, 3.8) is 0 Å². The summed E-state index contributed by atoms with van der Waals surface area (Å²) in [6.07, 6.45) is 7.18. The minimum absolute atomic E-state index is 0.972. The van der Waals surface area contributed by atoms with Gasteiger partial charge in [-0.1, -0.05) is 40.0 Å². The molecule has 0 saturated heterocycles. The van der Waals surface area contributed by atoms with Crippen LogP contribution in [0, 0.1) is 17.8 Å². The molecule has 0 amide bonds. The Morgan fingerprint density at radius 3 is 2.43 bits per heavy atom. The molecule has 1 N–H and O–H groups in total. The van der Waals surface area contributed by atoms with Crippen LogP contribution in [-0.4, -0.2) is 13.1 Å². The molecule has 2 unspecified atom stereocenters. The van der Waals surface area contributed by atoms with E-state index in [9.17, 15) is 0 Å². The fourth-order valence-electron chi connectivity index (χ4n) is 3.16. The Morgan fingerprint density at radius 1 is 1.14 bits per heavy atom. The van der Waals surface area contributed by atoms with Crippen LogP contribution in [-0.2, 0) is 0 Å². The average molecular weight is 197 g/mol. The van der Waals surface area contributed by atoms with E-state index in [2.05, 4.69) is 26.1 Å². The highest BCUT2D eigenvalue weighted by Gasteiger charge is 2.31. The van der Waals surface area contributed by atoms with Crippen LogP contribution in [0.25, 0.3) is 0 Å². The van der Waals surface area contributed by atoms with Crippen molar-refractivity contribution in [1.82, 2.24) is 5.32 Å². The first kappa shape index (κ1) is 12.0. The lowest BCUT2D eigenvalue weighted by Gasteiger charge is -2.27. The summed E-state index contributed by atoms with van der Waals surface area (Å²) in [5.74, 6) is 2.98. The molecule has 0 aromatic heterocycles. The molecule has 0 aromatic carbocycles. The van der Waals surface area contributed by atoms with Crippen LogP contribution in [0.5, 0.6) is 0 Å². The summed E-state index contributed by atoms with van der Waals surface area (Å²) >= 11 is 0. The van der Waals surface area contributed by atoms with Crippen LogP contribution in [0.2, 0.25) is 0 Å². The van der Waals surface area contributed by atoms with Gasteiger partial charge in [-0.05, 0) is 43.7 Å². The smallest absolute Gasteiger partial charge is 0.00179 e. The maximum Gasteiger partial charge on any atom is -0.00179 e. The van der Waals surface area contributed by atoms with E-state index >= 15 is 0 Å². The van der Waals surface area contributed by atoms with Crippen LogP contribution < -0.4 is 5.32 Å². The second kappa shape index (κ2) is 6.44. The van der Waals surface area contributed by atoms with Gasteiger partial charge in [0.2, 0.25) is 0 Å². The highest BCUT2D eigenvalue weighted by molar-refractivity contribution is 4.83. The first-order valence-electron chi connectivity index (χ1n) is 6.54. The molecule has 2 atom stereocenters. The monoisotopic (exact) mass is 197 g/mol. The number of hydrogen-bond donors (Lipinski definition) is 1. The summed E-state index contributed by atoms with van der Waals surface area (Å²) in [5.41, 5.74) is 0. The predicted molar refractivity (Wildman–Crippen MR) is 63.4 cm³/mol. The van der Waals surface area contributed by atoms with Crippen LogP contribution >= 0.6 is 0 Å². The van der Waals surface area contributed by atoms with Gasteiger partial charge < -0.3 is 5.32 Å². The van der Waals surface area contributed by atoms with E-state index in [-0.39, 0.29) is 0 Å². The van der Waals surface area contributed by atoms with Crippen LogP contribution in [0.4, 0.5) is 0 Å². The van der Waals surface area contributed by atoms with Gasteiger partial charge >= 0.3 is 0 Å². The first-order chi connectivity index (χ1) is 6.83. The lowest BCUT2D eigenvalue weighted by Crippen LogP contribution is -2.28. The summed E-state index contributed by atoms with van der Waals surface area (Å²) in [4.78, 5) is 0. The van der Waals surface area contributed by atoms with Gasteiger partial charge in [0.1, 0.15) is 0 Å². The summed E-state index contributed by atoms with van der Waals surface area (Å²) in [6, 6.07) is 0. The van der Waals surface area contributed by atoms with E-state index in [0.29, 0.717) is 0 Å².